The Labute approximate surface area is 168 Å². The van der Waals surface area contributed by atoms with Crippen molar-refractivity contribution in [1.82, 2.24) is 19.9 Å². The number of fused-ring (bicyclic) bond motifs is 1. The van der Waals surface area contributed by atoms with Crippen LogP contribution in [0.3, 0.4) is 0 Å². The third-order valence-corrected chi connectivity index (χ3v) is 4.88. The molecule has 1 amide bonds. The number of hydrogen-bond acceptors (Lipinski definition) is 5. The van der Waals surface area contributed by atoms with Gasteiger partial charge < -0.3 is 10.1 Å². The summed E-state index contributed by atoms with van der Waals surface area (Å²) in [4.78, 5) is 43.4. The van der Waals surface area contributed by atoms with E-state index < -0.39 is 29.8 Å². The zero-order valence-electron chi connectivity index (χ0n) is 15.9. The van der Waals surface area contributed by atoms with Crippen molar-refractivity contribution < 1.29 is 18.3 Å². The Bertz CT molecular complexity index is 1230. The number of H-pyrrole nitrogens is 1. The maximum atomic E-state index is 12.7. The molecule has 1 saturated carbocycles. The minimum Gasteiger partial charge on any atom is -0.435 e. The number of carbonyl (C=O) groups is 1. The Morgan fingerprint density at radius 3 is 2.77 bits per heavy atom. The maximum absolute atomic E-state index is 12.7. The second-order valence-corrected chi connectivity index (χ2v) is 7.10. The first-order chi connectivity index (χ1) is 14.3. The number of rotatable bonds is 6. The number of benzene rings is 1. The van der Waals surface area contributed by atoms with E-state index in [9.17, 15) is 23.2 Å². The summed E-state index contributed by atoms with van der Waals surface area (Å²) in [5, 5.41) is 2.88. The van der Waals surface area contributed by atoms with Crippen LogP contribution in [-0.4, -0.2) is 27.1 Å². The predicted octanol–water partition coefficient (Wildman–Crippen LogP) is 2.51. The third-order valence-electron chi connectivity index (χ3n) is 4.88. The molecule has 1 aliphatic rings. The van der Waals surface area contributed by atoms with E-state index in [1.165, 1.54) is 29.0 Å². The van der Waals surface area contributed by atoms with E-state index in [4.69, 9.17) is 0 Å². The second-order valence-electron chi connectivity index (χ2n) is 7.10. The monoisotopic (exact) mass is 416 g/mol. The molecule has 1 unspecified atom stereocenters. The normalized spacial score (nSPS) is 14.7. The number of aromatic nitrogens is 3. The van der Waals surface area contributed by atoms with Crippen LogP contribution in [0.1, 0.15) is 47.8 Å². The summed E-state index contributed by atoms with van der Waals surface area (Å²) >= 11 is 0. The van der Waals surface area contributed by atoms with Gasteiger partial charge in [0.1, 0.15) is 11.4 Å². The van der Waals surface area contributed by atoms with Crippen LogP contribution in [0, 0.1) is 0 Å². The molecule has 2 aromatic heterocycles. The van der Waals surface area contributed by atoms with Gasteiger partial charge in [0.2, 0.25) is 0 Å². The average molecular weight is 416 g/mol. The number of hydrogen-bond donors (Lipinski definition) is 2. The second kappa shape index (κ2) is 7.69. The number of ether oxygens (including phenoxy) is 1. The van der Waals surface area contributed by atoms with Crippen molar-refractivity contribution in [1.29, 1.82) is 0 Å². The molecule has 1 atom stereocenters. The molecular weight excluding hydrogens is 398 g/mol. The van der Waals surface area contributed by atoms with E-state index in [-0.39, 0.29) is 28.4 Å². The predicted molar refractivity (Wildman–Crippen MR) is 104 cm³/mol. The van der Waals surface area contributed by atoms with Gasteiger partial charge in [-0.25, -0.2) is 9.78 Å². The summed E-state index contributed by atoms with van der Waals surface area (Å²) in [5.74, 6) is -0.513. The van der Waals surface area contributed by atoms with Crippen LogP contribution in [0.2, 0.25) is 0 Å². The molecule has 2 heterocycles. The highest BCUT2D eigenvalue weighted by Gasteiger charge is 2.28. The van der Waals surface area contributed by atoms with Crippen molar-refractivity contribution in [2.75, 3.05) is 0 Å². The fraction of sp³-hybridized carbons (Fsp3) is 0.300. The molecular formula is C20H18F2N4O4. The summed E-state index contributed by atoms with van der Waals surface area (Å²) in [6.45, 7) is -1.26. The summed E-state index contributed by atoms with van der Waals surface area (Å²) in [7, 11) is 0. The van der Waals surface area contributed by atoms with Crippen molar-refractivity contribution in [3.8, 4) is 5.75 Å². The summed E-state index contributed by atoms with van der Waals surface area (Å²) < 4.78 is 30.6. The number of pyridine rings is 1. The lowest BCUT2D eigenvalue weighted by Crippen LogP contribution is -2.31. The SMILES string of the molecule is CC(NC(=O)c1cnc2c(c1)c(=O)[nH]c(=O)n2C1CC1)c1cccc(OC(F)F)c1. The first-order valence-electron chi connectivity index (χ1n) is 9.33. The first kappa shape index (κ1) is 19.7. The van der Waals surface area contributed by atoms with Gasteiger partial charge in [-0.2, -0.15) is 8.78 Å². The smallest absolute Gasteiger partial charge is 0.387 e. The van der Waals surface area contributed by atoms with Crippen LogP contribution >= 0.6 is 0 Å². The molecule has 1 aliphatic carbocycles. The molecule has 3 aromatic rings. The van der Waals surface area contributed by atoms with Gasteiger partial charge in [-0.15, -0.1) is 0 Å². The summed E-state index contributed by atoms with van der Waals surface area (Å²) in [6, 6.07) is 6.89. The van der Waals surface area contributed by atoms with Crippen molar-refractivity contribution in [3.63, 3.8) is 0 Å². The van der Waals surface area contributed by atoms with Gasteiger partial charge >= 0.3 is 12.3 Å². The van der Waals surface area contributed by atoms with Gasteiger partial charge in [0.05, 0.1) is 17.0 Å². The lowest BCUT2D eigenvalue weighted by atomic mass is 10.1. The highest BCUT2D eigenvalue weighted by molar-refractivity contribution is 5.96. The quantitative estimate of drug-likeness (QED) is 0.642. The van der Waals surface area contributed by atoms with Crippen molar-refractivity contribution in [3.05, 3.63) is 68.5 Å². The molecule has 0 aliphatic heterocycles. The van der Waals surface area contributed by atoms with Crippen LogP contribution in [0.15, 0.2) is 46.1 Å². The van der Waals surface area contributed by atoms with Crippen LogP contribution in [0.5, 0.6) is 5.75 Å². The Hall–Kier alpha value is -3.56. The number of nitrogens with one attached hydrogen (secondary N) is 2. The van der Waals surface area contributed by atoms with Crippen molar-refractivity contribution in [2.24, 2.45) is 0 Å². The number of carbonyl (C=O) groups excluding carboxylic acids is 1. The van der Waals surface area contributed by atoms with Crippen LogP contribution in [-0.2, 0) is 0 Å². The Morgan fingerprint density at radius 2 is 2.07 bits per heavy atom. The Balaban J connectivity index is 1.59. The minimum atomic E-state index is -2.94. The number of aromatic amines is 1. The highest BCUT2D eigenvalue weighted by atomic mass is 19.3. The number of nitrogens with zero attached hydrogens (tertiary/aromatic N) is 2. The molecule has 8 nitrogen and oxygen atoms in total. The van der Waals surface area contributed by atoms with E-state index in [0.717, 1.165) is 12.8 Å². The molecule has 4 rings (SSSR count). The van der Waals surface area contributed by atoms with E-state index in [1.54, 1.807) is 19.1 Å². The Morgan fingerprint density at radius 1 is 1.30 bits per heavy atom. The minimum absolute atomic E-state index is 0.00628. The largest absolute Gasteiger partial charge is 0.435 e. The maximum Gasteiger partial charge on any atom is 0.387 e. The summed E-state index contributed by atoms with van der Waals surface area (Å²) in [5.41, 5.74) is -0.178. The topological polar surface area (TPSA) is 106 Å². The lowest BCUT2D eigenvalue weighted by Gasteiger charge is -2.16. The van der Waals surface area contributed by atoms with Gasteiger partial charge in [0.25, 0.3) is 11.5 Å². The van der Waals surface area contributed by atoms with Gasteiger partial charge in [-0.1, -0.05) is 12.1 Å². The van der Waals surface area contributed by atoms with E-state index in [0.29, 0.717) is 5.56 Å². The van der Waals surface area contributed by atoms with Gasteiger partial charge in [0, 0.05) is 12.2 Å². The fourth-order valence-corrected chi connectivity index (χ4v) is 3.26. The number of halogens is 2. The Kier molecular flexibility index (Phi) is 5.06. The van der Waals surface area contributed by atoms with Gasteiger partial charge in [-0.3, -0.25) is 19.1 Å². The molecule has 1 aromatic carbocycles. The number of amides is 1. The highest BCUT2D eigenvalue weighted by Crippen LogP contribution is 2.34. The molecule has 0 saturated heterocycles. The molecule has 2 N–H and O–H groups in total. The molecule has 0 spiro atoms. The van der Waals surface area contributed by atoms with Crippen LogP contribution < -0.4 is 21.3 Å². The van der Waals surface area contributed by atoms with Crippen molar-refractivity contribution in [2.45, 2.75) is 38.5 Å². The molecule has 0 radical (unpaired) electrons. The zero-order chi connectivity index (χ0) is 21.4. The van der Waals surface area contributed by atoms with E-state index >= 15 is 0 Å². The third kappa shape index (κ3) is 3.93. The van der Waals surface area contributed by atoms with E-state index in [1.807, 2.05) is 0 Å². The average Bonchev–Trinajstić information content (AvgIpc) is 3.52. The molecule has 30 heavy (non-hydrogen) atoms. The lowest BCUT2D eigenvalue weighted by molar-refractivity contribution is -0.0499. The molecule has 10 heteroatoms. The first-order valence-corrected chi connectivity index (χ1v) is 9.33. The fourth-order valence-electron chi connectivity index (χ4n) is 3.26. The van der Waals surface area contributed by atoms with Crippen LogP contribution in [0.4, 0.5) is 8.78 Å². The van der Waals surface area contributed by atoms with E-state index in [2.05, 4.69) is 20.0 Å². The van der Waals surface area contributed by atoms with Crippen molar-refractivity contribution >= 4 is 16.9 Å². The number of alkyl halides is 2. The standard InChI is InChI=1S/C20H18F2N4O4/c1-10(11-3-2-4-14(7-11)30-19(21)22)24-17(27)12-8-15-16(23-9-12)26(13-5-6-13)20(29)25-18(15)28/h2-4,7-10,13,19H,5-6H2,1H3,(H,24,27)(H,25,28,29). The van der Waals surface area contributed by atoms with Gasteiger partial charge in [-0.05, 0) is 43.5 Å². The van der Waals surface area contributed by atoms with Crippen LogP contribution in [0.25, 0.3) is 11.0 Å². The molecule has 1 fully saturated rings. The zero-order valence-corrected chi connectivity index (χ0v) is 15.9. The molecule has 0 bridgehead atoms. The van der Waals surface area contributed by atoms with Gasteiger partial charge in [0.15, 0.2) is 0 Å². The summed E-state index contributed by atoms with van der Waals surface area (Å²) in [6.07, 6.45) is 2.96. The molecule has 156 valence electrons.